The van der Waals surface area contributed by atoms with E-state index in [2.05, 4.69) is 5.32 Å². The van der Waals surface area contributed by atoms with Crippen LogP contribution in [-0.4, -0.2) is 50.6 Å². The van der Waals surface area contributed by atoms with Gasteiger partial charge in [-0.15, -0.1) is 0 Å². The highest BCUT2D eigenvalue weighted by atomic mass is 16.7. The van der Waals surface area contributed by atoms with Crippen molar-refractivity contribution in [2.75, 3.05) is 33.9 Å². The lowest BCUT2D eigenvalue weighted by molar-refractivity contribution is -0.226. The van der Waals surface area contributed by atoms with Gasteiger partial charge in [0.25, 0.3) is 0 Å². The molecule has 5 heteroatoms. The Morgan fingerprint density at radius 3 is 2.27 bits per heavy atom. The molecule has 1 fully saturated rings. The number of nitrogens with zero attached hydrogens (tertiary/aromatic N) is 1. The molecule has 1 saturated heterocycles. The van der Waals surface area contributed by atoms with Gasteiger partial charge in [0, 0.05) is 46.7 Å². The van der Waals surface area contributed by atoms with Gasteiger partial charge in [0.1, 0.15) is 0 Å². The van der Waals surface area contributed by atoms with Crippen LogP contribution in [0.15, 0.2) is 0 Å². The summed E-state index contributed by atoms with van der Waals surface area (Å²) in [6.45, 7) is 3.92. The number of carbonyl (C=O) groups is 1. The van der Waals surface area contributed by atoms with Crippen molar-refractivity contribution >= 4 is 6.03 Å². The van der Waals surface area contributed by atoms with Crippen LogP contribution in [0.5, 0.6) is 0 Å². The smallest absolute Gasteiger partial charge is 0.317 e. The highest BCUT2D eigenvalue weighted by Gasteiger charge is 2.35. The maximum atomic E-state index is 11.5. The van der Waals surface area contributed by atoms with Gasteiger partial charge in [-0.1, -0.05) is 0 Å². The summed E-state index contributed by atoms with van der Waals surface area (Å²) in [5, 5.41) is 2.78. The van der Waals surface area contributed by atoms with Crippen LogP contribution in [0.1, 0.15) is 19.8 Å². The van der Waals surface area contributed by atoms with Gasteiger partial charge < -0.3 is 19.7 Å². The quantitative estimate of drug-likeness (QED) is 0.710. The van der Waals surface area contributed by atoms with E-state index in [1.165, 1.54) is 0 Å². The molecule has 0 aromatic carbocycles. The summed E-state index contributed by atoms with van der Waals surface area (Å²) < 4.78 is 10.7. The molecule has 2 amide bonds. The number of ether oxygens (including phenoxy) is 2. The van der Waals surface area contributed by atoms with E-state index in [1.807, 2.05) is 6.92 Å². The first-order chi connectivity index (χ1) is 7.17. The van der Waals surface area contributed by atoms with Crippen molar-refractivity contribution < 1.29 is 14.3 Å². The standard InChI is InChI=1S/C10H20N2O3/c1-4-11-9(13)12-7-5-10(14-2,15-3)6-8-12/h4-8H2,1-3H3,(H,11,13). The largest absolute Gasteiger partial charge is 0.353 e. The van der Waals surface area contributed by atoms with E-state index in [9.17, 15) is 4.79 Å². The molecule has 0 spiro atoms. The number of nitrogens with one attached hydrogen (secondary N) is 1. The van der Waals surface area contributed by atoms with Crippen molar-refractivity contribution in [2.24, 2.45) is 0 Å². The molecule has 0 aromatic rings. The van der Waals surface area contributed by atoms with Crippen molar-refractivity contribution in [3.05, 3.63) is 0 Å². The third kappa shape index (κ3) is 2.82. The van der Waals surface area contributed by atoms with Crippen LogP contribution < -0.4 is 5.32 Å². The molecule has 0 radical (unpaired) electrons. The fraction of sp³-hybridized carbons (Fsp3) is 0.900. The first-order valence-corrected chi connectivity index (χ1v) is 5.30. The van der Waals surface area contributed by atoms with Gasteiger partial charge in [-0.25, -0.2) is 4.79 Å². The molecule has 0 bridgehead atoms. The van der Waals surface area contributed by atoms with E-state index in [0.717, 1.165) is 12.8 Å². The summed E-state index contributed by atoms with van der Waals surface area (Å²) in [7, 11) is 3.29. The fourth-order valence-corrected chi connectivity index (χ4v) is 1.81. The Balaban J connectivity index is 2.44. The van der Waals surface area contributed by atoms with Crippen LogP contribution in [0.4, 0.5) is 4.79 Å². The summed E-state index contributed by atoms with van der Waals surface area (Å²) in [5.41, 5.74) is 0. The molecule has 1 aliphatic heterocycles. The molecule has 0 saturated carbocycles. The Morgan fingerprint density at radius 1 is 1.33 bits per heavy atom. The van der Waals surface area contributed by atoms with Gasteiger partial charge in [0.15, 0.2) is 5.79 Å². The van der Waals surface area contributed by atoms with Gasteiger partial charge in [0.2, 0.25) is 0 Å². The number of methoxy groups -OCH3 is 2. The normalized spacial score (nSPS) is 20.1. The number of carbonyl (C=O) groups excluding carboxylic acids is 1. The second-order valence-corrected chi connectivity index (χ2v) is 3.64. The molecule has 0 aromatic heterocycles. The van der Waals surface area contributed by atoms with Crippen LogP contribution in [0, 0.1) is 0 Å². The summed E-state index contributed by atoms with van der Waals surface area (Å²) in [4.78, 5) is 13.3. The Bertz CT molecular complexity index is 207. The van der Waals surface area contributed by atoms with Crippen LogP contribution in [0.2, 0.25) is 0 Å². The SMILES string of the molecule is CCNC(=O)N1CCC(OC)(OC)CC1. The number of rotatable bonds is 3. The highest BCUT2D eigenvalue weighted by Crippen LogP contribution is 2.26. The Hall–Kier alpha value is -0.810. The first kappa shape index (κ1) is 12.3. The van der Waals surface area contributed by atoms with Crippen molar-refractivity contribution in [2.45, 2.75) is 25.6 Å². The lowest BCUT2D eigenvalue weighted by atomic mass is 10.0. The number of amides is 2. The molecular weight excluding hydrogens is 196 g/mol. The van der Waals surface area contributed by atoms with Crippen molar-refractivity contribution in [1.82, 2.24) is 10.2 Å². The van der Waals surface area contributed by atoms with Crippen LogP contribution >= 0.6 is 0 Å². The minimum Gasteiger partial charge on any atom is -0.353 e. The average molecular weight is 216 g/mol. The minimum absolute atomic E-state index is 0.00157. The Labute approximate surface area is 90.7 Å². The molecule has 0 aliphatic carbocycles. The van der Waals surface area contributed by atoms with Gasteiger partial charge >= 0.3 is 6.03 Å². The van der Waals surface area contributed by atoms with Crippen LogP contribution in [-0.2, 0) is 9.47 Å². The zero-order valence-electron chi connectivity index (χ0n) is 9.71. The third-order valence-electron chi connectivity index (χ3n) is 2.88. The summed E-state index contributed by atoms with van der Waals surface area (Å²) in [6.07, 6.45) is 1.44. The maximum Gasteiger partial charge on any atom is 0.317 e. The molecule has 1 aliphatic rings. The van der Waals surface area contributed by atoms with Crippen molar-refractivity contribution in [1.29, 1.82) is 0 Å². The molecule has 1 rings (SSSR count). The van der Waals surface area contributed by atoms with E-state index in [0.29, 0.717) is 19.6 Å². The summed E-state index contributed by atoms with van der Waals surface area (Å²) in [6, 6.07) is -0.00157. The molecule has 0 atom stereocenters. The number of hydrogen-bond donors (Lipinski definition) is 1. The predicted octanol–water partition coefficient (Wildman–Crippen LogP) is 0.801. The van der Waals surface area contributed by atoms with Gasteiger partial charge in [-0.3, -0.25) is 0 Å². The minimum atomic E-state index is -0.497. The Morgan fingerprint density at radius 2 is 1.87 bits per heavy atom. The fourth-order valence-electron chi connectivity index (χ4n) is 1.81. The van der Waals surface area contributed by atoms with E-state index < -0.39 is 5.79 Å². The molecular formula is C10H20N2O3. The average Bonchev–Trinajstić information content (AvgIpc) is 2.29. The van der Waals surface area contributed by atoms with Gasteiger partial charge in [-0.05, 0) is 6.92 Å². The second kappa shape index (κ2) is 5.32. The third-order valence-corrected chi connectivity index (χ3v) is 2.88. The Kier molecular flexibility index (Phi) is 4.35. The zero-order valence-corrected chi connectivity index (χ0v) is 9.71. The van der Waals surface area contributed by atoms with E-state index in [1.54, 1.807) is 19.1 Å². The van der Waals surface area contributed by atoms with E-state index in [-0.39, 0.29) is 6.03 Å². The lowest BCUT2D eigenvalue weighted by Gasteiger charge is -2.39. The maximum absolute atomic E-state index is 11.5. The van der Waals surface area contributed by atoms with Gasteiger partial charge in [-0.2, -0.15) is 0 Å². The van der Waals surface area contributed by atoms with E-state index >= 15 is 0 Å². The monoisotopic (exact) mass is 216 g/mol. The number of urea groups is 1. The summed E-state index contributed by atoms with van der Waals surface area (Å²) in [5.74, 6) is -0.497. The van der Waals surface area contributed by atoms with Crippen LogP contribution in [0.3, 0.4) is 0 Å². The van der Waals surface area contributed by atoms with Crippen molar-refractivity contribution in [3.8, 4) is 0 Å². The van der Waals surface area contributed by atoms with Gasteiger partial charge in [0.05, 0.1) is 0 Å². The molecule has 1 heterocycles. The number of hydrogen-bond acceptors (Lipinski definition) is 3. The second-order valence-electron chi connectivity index (χ2n) is 3.64. The van der Waals surface area contributed by atoms with Crippen LogP contribution in [0.25, 0.3) is 0 Å². The highest BCUT2D eigenvalue weighted by molar-refractivity contribution is 5.74. The summed E-state index contributed by atoms with van der Waals surface area (Å²) >= 11 is 0. The van der Waals surface area contributed by atoms with Crippen molar-refractivity contribution in [3.63, 3.8) is 0 Å². The topological polar surface area (TPSA) is 50.8 Å². The molecule has 15 heavy (non-hydrogen) atoms. The first-order valence-electron chi connectivity index (χ1n) is 5.30. The number of likely N-dealkylation sites (tertiary alicyclic amines) is 1. The molecule has 0 unspecified atom stereocenters. The lowest BCUT2D eigenvalue weighted by Crippen LogP contribution is -2.51. The zero-order chi connectivity index (χ0) is 11.3. The molecule has 88 valence electrons. The predicted molar refractivity (Wildman–Crippen MR) is 56.6 cm³/mol. The number of piperidine rings is 1. The molecule has 1 N–H and O–H groups in total. The molecule has 5 nitrogen and oxygen atoms in total. The van der Waals surface area contributed by atoms with E-state index in [4.69, 9.17) is 9.47 Å².